The van der Waals surface area contributed by atoms with Gasteiger partial charge in [-0.25, -0.2) is 12.8 Å². The molecule has 30 heavy (non-hydrogen) atoms. The van der Waals surface area contributed by atoms with Crippen LogP contribution in [0.15, 0.2) is 71.6 Å². The van der Waals surface area contributed by atoms with Gasteiger partial charge < -0.3 is 5.32 Å². The molecule has 3 aromatic carbocycles. The van der Waals surface area contributed by atoms with Crippen molar-refractivity contribution in [2.45, 2.75) is 11.8 Å². The van der Waals surface area contributed by atoms with Gasteiger partial charge in [0, 0.05) is 29.1 Å². The molecule has 0 bridgehead atoms. The molecule has 0 unspecified atom stereocenters. The number of non-ortho nitro benzene ring substituents is 1. The fourth-order valence-corrected chi connectivity index (χ4v) is 3.73. The van der Waals surface area contributed by atoms with Crippen LogP contribution in [0.25, 0.3) is 0 Å². The molecule has 0 saturated carbocycles. The van der Waals surface area contributed by atoms with Crippen LogP contribution >= 0.6 is 0 Å². The van der Waals surface area contributed by atoms with Gasteiger partial charge in [0.05, 0.1) is 9.82 Å². The Morgan fingerprint density at radius 1 is 1.00 bits per heavy atom. The first-order valence-corrected chi connectivity index (χ1v) is 10.1. The van der Waals surface area contributed by atoms with Crippen molar-refractivity contribution in [1.82, 2.24) is 0 Å². The van der Waals surface area contributed by atoms with Gasteiger partial charge in [0.2, 0.25) is 0 Å². The van der Waals surface area contributed by atoms with Crippen LogP contribution in [-0.2, 0) is 10.0 Å². The number of aryl methyl sites for hydroxylation is 1. The number of nitrogens with one attached hydrogen (secondary N) is 2. The summed E-state index contributed by atoms with van der Waals surface area (Å²) in [5.41, 5.74) is 0.733. The lowest BCUT2D eigenvalue weighted by molar-refractivity contribution is -0.384. The smallest absolute Gasteiger partial charge is 0.271 e. The molecular weight excluding hydrogens is 413 g/mol. The standard InChI is InChI=1S/C20H16FN3O5S/c1-13-11-18(9-10-19(13)21)30(28,29)23-15-7-5-14(6-8-15)20(25)22-16-3-2-4-17(12-16)24(26)27/h2-12,23H,1H3,(H,22,25). The predicted octanol–water partition coefficient (Wildman–Crippen LogP) is 4.10. The fourth-order valence-electron chi connectivity index (χ4n) is 2.59. The fraction of sp³-hybridized carbons (Fsp3) is 0.0500. The summed E-state index contributed by atoms with van der Waals surface area (Å²) in [7, 11) is -3.93. The highest BCUT2D eigenvalue weighted by atomic mass is 32.2. The van der Waals surface area contributed by atoms with Crippen LogP contribution in [0, 0.1) is 22.9 Å². The molecule has 0 atom stereocenters. The SMILES string of the molecule is Cc1cc(S(=O)(=O)Nc2ccc(C(=O)Nc3cccc([N+](=O)[O-])c3)cc2)ccc1F. The molecule has 0 aliphatic heterocycles. The third-order valence-corrected chi connectivity index (χ3v) is 5.53. The minimum atomic E-state index is -3.93. The van der Waals surface area contributed by atoms with Gasteiger partial charge in [-0.2, -0.15) is 0 Å². The van der Waals surface area contributed by atoms with Crippen LogP contribution in [0.2, 0.25) is 0 Å². The lowest BCUT2D eigenvalue weighted by Gasteiger charge is -2.10. The van der Waals surface area contributed by atoms with E-state index in [1.54, 1.807) is 0 Å². The number of nitrogens with zero attached hydrogens (tertiary/aromatic N) is 1. The van der Waals surface area contributed by atoms with E-state index in [1.807, 2.05) is 0 Å². The van der Waals surface area contributed by atoms with Crippen LogP contribution in [0.1, 0.15) is 15.9 Å². The first kappa shape index (κ1) is 20.9. The summed E-state index contributed by atoms with van der Waals surface area (Å²) in [6.45, 7) is 1.46. The highest BCUT2D eigenvalue weighted by molar-refractivity contribution is 7.92. The number of sulfonamides is 1. The number of rotatable bonds is 6. The van der Waals surface area contributed by atoms with Crippen LogP contribution in [0.4, 0.5) is 21.5 Å². The molecule has 3 rings (SSSR count). The minimum Gasteiger partial charge on any atom is -0.322 e. The Labute approximate surface area is 171 Å². The van der Waals surface area contributed by atoms with E-state index in [4.69, 9.17) is 0 Å². The average Bonchev–Trinajstić information content (AvgIpc) is 2.70. The summed E-state index contributed by atoms with van der Waals surface area (Å²) in [5, 5.41) is 13.4. The summed E-state index contributed by atoms with van der Waals surface area (Å²) in [5.74, 6) is -1.02. The van der Waals surface area contributed by atoms with Gasteiger partial charge in [0.25, 0.3) is 21.6 Å². The second kappa shape index (κ2) is 8.29. The Morgan fingerprint density at radius 2 is 1.70 bits per heavy atom. The van der Waals surface area contributed by atoms with E-state index in [1.165, 1.54) is 61.5 Å². The van der Waals surface area contributed by atoms with Gasteiger partial charge in [-0.15, -0.1) is 0 Å². The van der Waals surface area contributed by atoms with Crippen molar-refractivity contribution >= 4 is 33.0 Å². The molecule has 1 amide bonds. The summed E-state index contributed by atoms with van der Waals surface area (Å²) in [6.07, 6.45) is 0. The second-order valence-electron chi connectivity index (χ2n) is 6.36. The average molecular weight is 429 g/mol. The topological polar surface area (TPSA) is 118 Å². The maximum Gasteiger partial charge on any atom is 0.271 e. The van der Waals surface area contributed by atoms with Gasteiger partial charge >= 0.3 is 0 Å². The summed E-state index contributed by atoms with van der Waals surface area (Å²) in [6, 6.07) is 14.5. The highest BCUT2D eigenvalue weighted by Crippen LogP contribution is 2.21. The van der Waals surface area contributed by atoms with Gasteiger partial charge in [-0.1, -0.05) is 6.07 Å². The van der Waals surface area contributed by atoms with E-state index in [2.05, 4.69) is 10.0 Å². The van der Waals surface area contributed by atoms with Crippen LogP contribution < -0.4 is 10.0 Å². The molecule has 3 aromatic rings. The summed E-state index contributed by atoms with van der Waals surface area (Å²) >= 11 is 0. The van der Waals surface area contributed by atoms with Gasteiger partial charge in [0.1, 0.15) is 5.82 Å². The molecule has 0 aliphatic carbocycles. The van der Waals surface area contributed by atoms with Gasteiger partial charge in [-0.05, 0) is 61.0 Å². The number of amides is 1. The van der Waals surface area contributed by atoms with Crippen molar-refractivity contribution in [3.63, 3.8) is 0 Å². The maximum absolute atomic E-state index is 13.4. The minimum absolute atomic E-state index is 0.0890. The summed E-state index contributed by atoms with van der Waals surface area (Å²) < 4.78 is 40.6. The number of hydrogen-bond donors (Lipinski definition) is 2. The summed E-state index contributed by atoms with van der Waals surface area (Å²) in [4.78, 5) is 22.5. The van der Waals surface area contributed by atoms with Crippen molar-refractivity contribution in [3.8, 4) is 0 Å². The Balaban J connectivity index is 1.72. The Bertz CT molecular complexity index is 1230. The number of nitro benzene ring substituents is 1. The van der Waals surface area contributed by atoms with Crippen molar-refractivity contribution in [2.24, 2.45) is 0 Å². The molecule has 10 heteroatoms. The van der Waals surface area contributed by atoms with E-state index < -0.39 is 26.7 Å². The number of carbonyl (C=O) groups excluding carboxylic acids is 1. The van der Waals surface area contributed by atoms with E-state index in [9.17, 15) is 27.7 Å². The second-order valence-corrected chi connectivity index (χ2v) is 8.04. The number of anilines is 2. The van der Waals surface area contributed by atoms with Crippen LogP contribution in [0.3, 0.4) is 0 Å². The molecule has 8 nitrogen and oxygen atoms in total. The lowest BCUT2D eigenvalue weighted by Crippen LogP contribution is -2.14. The molecule has 0 aliphatic rings. The zero-order valence-corrected chi connectivity index (χ0v) is 16.4. The lowest BCUT2D eigenvalue weighted by atomic mass is 10.2. The first-order valence-electron chi connectivity index (χ1n) is 8.60. The Hall–Kier alpha value is -3.79. The predicted molar refractivity (Wildman–Crippen MR) is 109 cm³/mol. The number of carbonyl (C=O) groups is 1. The monoisotopic (exact) mass is 429 g/mol. The quantitative estimate of drug-likeness (QED) is 0.452. The molecule has 154 valence electrons. The largest absolute Gasteiger partial charge is 0.322 e. The normalized spacial score (nSPS) is 11.0. The molecule has 0 fully saturated rings. The third kappa shape index (κ3) is 4.78. The van der Waals surface area contributed by atoms with Crippen LogP contribution in [-0.4, -0.2) is 19.2 Å². The van der Waals surface area contributed by atoms with Crippen molar-refractivity contribution in [3.05, 3.63) is 93.8 Å². The van der Waals surface area contributed by atoms with Crippen molar-refractivity contribution < 1.29 is 22.5 Å². The number of hydrogen-bond acceptors (Lipinski definition) is 5. The molecule has 2 N–H and O–H groups in total. The zero-order valence-electron chi connectivity index (χ0n) is 15.6. The van der Waals surface area contributed by atoms with Gasteiger partial charge in [-0.3, -0.25) is 19.6 Å². The van der Waals surface area contributed by atoms with Crippen molar-refractivity contribution in [1.29, 1.82) is 0 Å². The Kier molecular flexibility index (Phi) is 5.79. The number of halogens is 1. The number of benzene rings is 3. The van der Waals surface area contributed by atoms with Crippen molar-refractivity contribution in [2.75, 3.05) is 10.0 Å². The maximum atomic E-state index is 13.4. The molecule has 0 aromatic heterocycles. The highest BCUT2D eigenvalue weighted by Gasteiger charge is 2.16. The van der Waals surface area contributed by atoms with Gasteiger partial charge in [0.15, 0.2) is 0 Å². The molecule has 0 radical (unpaired) electrons. The van der Waals surface area contributed by atoms with E-state index in [0.29, 0.717) is 0 Å². The molecule has 0 saturated heterocycles. The number of nitro groups is 1. The molecule has 0 heterocycles. The Morgan fingerprint density at radius 3 is 2.33 bits per heavy atom. The van der Waals surface area contributed by atoms with E-state index >= 15 is 0 Å². The van der Waals surface area contributed by atoms with Crippen LogP contribution in [0.5, 0.6) is 0 Å². The zero-order chi connectivity index (χ0) is 21.9. The first-order chi connectivity index (χ1) is 14.2. The van der Waals surface area contributed by atoms with E-state index in [0.717, 1.165) is 12.1 Å². The van der Waals surface area contributed by atoms with E-state index in [-0.39, 0.29) is 33.1 Å². The molecular formula is C20H16FN3O5S. The third-order valence-electron chi connectivity index (χ3n) is 4.15. The molecule has 0 spiro atoms.